The van der Waals surface area contributed by atoms with E-state index in [-0.39, 0.29) is 33.6 Å². The van der Waals surface area contributed by atoms with Crippen molar-refractivity contribution < 1.29 is 23.6 Å². The Morgan fingerprint density at radius 3 is 2.55 bits per heavy atom. The third-order valence-corrected chi connectivity index (χ3v) is 5.84. The summed E-state index contributed by atoms with van der Waals surface area (Å²) in [6.45, 7) is -0.261. The fourth-order valence-electron chi connectivity index (χ4n) is 2.92. The molecule has 11 heteroatoms. The zero-order valence-corrected chi connectivity index (χ0v) is 18.2. The molecule has 1 fully saturated rings. The van der Waals surface area contributed by atoms with Crippen molar-refractivity contribution in [2.24, 2.45) is 0 Å². The van der Waals surface area contributed by atoms with E-state index in [9.17, 15) is 24.1 Å². The zero-order chi connectivity index (χ0) is 23.5. The monoisotopic (exact) mass is 485 g/mol. The number of aromatic nitrogens is 1. The largest absolute Gasteiger partial charge is 0.439 e. The lowest BCUT2D eigenvalue weighted by molar-refractivity contribution is -0.385. The number of halogens is 2. The third-order valence-electron chi connectivity index (χ3n) is 4.58. The number of imide groups is 1. The Balaban J connectivity index is 1.46. The number of hydrogen-bond donors (Lipinski definition) is 0. The third kappa shape index (κ3) is 5.02. The average molecular weight is 486 g/mol. The molecule has 0 bridgehead atoms. The summed E-state index contributed by atoms with van der Waals surface area (Å²) >= 11 is 6.76. The van der Waals surface area contributed by atoms with Crippen LogP contribution in [-0.2, 0) is 11.3 Å². The molecule has 0 atom stereocenters. The Hall–Kier alpha value is -3.76. The van der Waals surface area contributed by atoms with E-state index in [1.807, 2.05) is 0 Å². The van der Waals surface area contributed by atoms with E-state index in [0.717, 1.165) is 22.9 Å². The van der Waals surface area contributed by atoms with Gasteiger partial charge in [-0.15, -0.1) is 0 Å². The van der Waals surface area contributed by atoms with Crippen LogP contribution in [-0.4, -0.2) is 26.0 Å². The molecule has 0 N–H and O–H groups in total. The van der Waals surface area contributed by atoms with Gasteiger partial charge < -0.3 is 4.74 Å². The highest BCUT2D eigenvalue weighted by molar-refractivity contribution is 8.18. The second kappa shape index (κ2) is 9.39. The Kier molecular flexibility index (Phi) is 6.38. The number of ether oxygens (including phenoxy) is 1. The van der Waals surface area contributed by atoms with Crippen LogP contribution < -0.4 is 4.74 Å². The number of benzene rings is 2. The van der Waals surface area contributed by atoms with E-state index in [1.54, 1.807) is 30.3 Å². The molecule has 1 aromatic heterocycles. The van der Waals surface area contributed by atoms with Crippen LogP contribution in [0.15, 0.2) is 65.7 Å². The van der Waals surface area contributed by atoms with E-state index >= 15 is 0 Å². The lowest BCUT2D eigenvalue weighted by Gasteiger charge is -2.14. The Morgan fingerprint density at radius 2 is 1.91 bits per heavy atom. The van der Waals surface area contributed by atoms with Crippen LogP contribution in [0.25, 0.3) is 6.08 Å². The molecule has 3 aromatic rings. The molecule has 166 valence electrons. The number of rotatable bonds is 6. The minimum absolute atomic E-state index is 0.0732. The number of carbonyl (C=O) groups excluding carboxylic acids is 2. The summed E-state index contributed by atoms with van der Waals surface area (Å²) in [5, 5.41) is 10.3. The number of nitro groups is 1. The maximum Gasteiger partial charge on any atom is 0.293 e. The van der Waals surface area contributed by atoms with E-state index in [4.69, 9.17) is 16.3 Å². The lowest BCUT2D eigenvalue weighted by Crippen LogP contribution is -2.28. The quantitative estimate of drug-likeness (QED) is 0.246. The molecular weight excluding hydrogens is 473 g/mol. The second-order valence-corrected chi connectivity index (χ2v) is 8.15. The molecule has 0 radical (unpaired) electrons. The summed E-state index contributed by atoms with van der Waals surface area (Å²) in [7, 11) is 0. The van der Waals surface area contributed by atoms with Crippen LogP contribution in [0.1, 0.15) is 11.1 Å². The molecule has 1 aliphatic heterocycles. The molecular formula is C22H13ClFN3O5S. The van der Waals surface area contributed by atoms with Gasteiger partial charge in [-0.25, -0.2) is 9.37 Å². The van der Waals surface area contributed by atoms with Crippen molar-refractivity contribution in [2.45, 2.75) is 6.54 Å². The van der Waals surface area contributed by atoms with E-state index < -0.39 is 21.9 Å². The van der Waals surface area contributed by atoms with Crippen molar-refractivity contribution in [2.75, 3.05) is 0 Å². The first-order valence-electron chi connectivity index (χ1n) is 9.38. The topological polar surface area (TPSA) is 103 Å². The number of thioether (sulfide) groups is 1. The molecule has 1 aliphatic rings. The summed E-state index contributed by atoms with van der Waals surface area (Å²) in [4.78, 5) is 40.2. The molecule has 0 saturated carbocycles. The summed E-state index contributed by atoms with van der Waals surface area (Å²) in [6.07, 6.45) is 2.63. The normalized spacial score (nSPS) is 14.7. The Labute approximate surface area is 195 Å². The van der Waals surface area contributed by atoms with Crippen molar-refractivity contribution in [1.29, 1.82) is 0 Å². The van der Waals surface area contributed by atoms with Gasteiger partial charge in [0.25, 0.3) is 16.8 Å². The first-order chi connectivity index (χ1) is 15.8. The summed E-state index contributed by atoms with van der Waals surface area (Å²) in [6, 6.07) is 13.4. The number of amides is 2. The van der Waals surface area contributed by atoms with Crippen LogP contribution in [0.3, 0.4) is 0 Å². The fraction of sp³-hybridized carbons (Fsp3) is 0.0455. The van der Waals surface area contributed by atoms with E-state index in [2.05, 4.69) is 4.98 Å². The number of carbonyl (C=O) groups is 2. The van der Waals surface area contributed by atoms with Gasteiger partial charge in [0.1, 0.15) is 17.8 Å². The molecule has 4 rings (SSSR count). The highest BCUT2D eigenvalue weighted by Gasteiger charge is 2.35. The molecule has 0 spiro atoms. The summed E-state index contributed by atoms with van der Waals surface area (Å²) in [5.41, 5.74) is 0.557. The first-order valence-corrected chi connectivity index (χ1v) is 10.6. The minimum atomic E-state index is -0.594. The van der Waals surface area contributed by atoms with Gasteiger partial charge in [0.2, 0.25) is 5.88 Å². The van der Waals surface area contributed by atoms with Crippen LogP contribution in [0.2, 0.25) is 5.02 Å². The molecule has 2 amide bonds. The van der Waals surface area contributed by atoms with Gasteiger partial charge >= 0.3 is 0 Å². The predicted octanol–water partition coefficient (Wildman–Crippen LogP) is 5.81. The van der Waals surface area contributed by atoms with Crippen LogP contribution in [0, 0.1) is 15.9 Å². The van der Waals surface area contributed by atoms with Gasteiger partial charge in [-0.05, 0) is 47.7 Å². The summed E-state index contributed by atoms with van der Waals surface area (Å²) in [5.74, 6) is -0.527. The zero-order valence-electron chi connectivity index (χ0n) is 16.6. The van der Waals surface area contributed by atoms with Gasteiger partial charge in [0, 0.05) is 22.7 Å². The van der Waals surface area contributed by atoms with Crippen molar-refractivity contribution in [3.05, 3.63) is 97.8 Å². The standard InChI is InChI=1S/C22H13ClFN3O5S/c23-17-2-1-3-18(24)16(17)12-26-21(28)19(33-22(26)29)10-13-4-7-15(8-5-13)32-20-9-6-14(11-25-20)27(30)31/h1-11H,12H2/b19-10-. The SMILES string of the molecule is O=C1S/C(=C\c2ccc(Oc3ccc([N+](=O)[O-])cn3)cc2)C(=O)N1Cc1c(F)cccc1Cl. The molecule has 2 aromatic carbocycles. The smallest absolute Gasteiger partial charge is 0.293 e. The molecule has 1 saturated heterocycles. The predicted molar refractivity (Wildman–Crippen MR) is 120 cm³/mol. The first kappa shape index (κ1) is 22.4. The highest BCUT2D eigenvalue weighted by atomic mass is 35.5. The lowest BCUT2D eigenvalue weighted by atomic mass is 10.2. The van der Waals surface area contributed by atoms with Gasteiger partial charge in [-0.1, -0.05) is 29.8 Å². The van der Waals surface area contributed by atoms with Gasteiger partial charge in [-0.3, -0.25) is 24.6 Å². The van der Waals surface area contributed by atoms with Crippen molar-refractivity contribution in [3.63, 3.8) is 0 Å². The number of pyridine rings is 1. The van der Waals surface area contributed by atoms with Crippen LogP contribution >= 0.6 is 23.4 Å². The molecule has 0 unspecified atom stereocenters. The van der Waals surface area contributed by atoms with Crippen molar-refractivity contribution >= 4 is 46.3 Å². The van der Waals surface area contributed by atoms with Gasteiger partial charge in [0.15, 0.2) is 0 Å². The number of hydrogen-bond acceptors (Lipinski definition) is 7. The molecule has 2 heterocycles. The maximum absolute atomic E-state index is 14.0. The van der Waals surface area contributed by atoms with Crippen molar-refractivity contribution in [1.82, 2.24) is 9.88 Å². The molecule has 33 heavy (non-hydrogen) atoms. The molecule has 8 nitrogen and oxygen atoms in total. The summed E-state index contributed by atoms with van der Waals surface area (Å²) < 4.78 is 19.6. The Bertz CT molecular complexity index is 1260. The maximum atomic E-state index is 14.0. The van der Waals surface area contributed by atoms with Crippen LogP contribution in [0.4, 0.5) is 14.9 Å². The van der Waals surface area contributed by atoms with Crippen LogP contribution in [0.5, 0.6) is 11.6 Å². The highest BCUT2D eigenvalue weighted by Crippen LogP contribution is 2.35. The Morgan fingerprint density at radius 1 is 1.15 bits per heavy atom. The number of nitrogens with zero attached hydrogens (tertiary/aromatic N) is 3. The van der Waals surface area contributed by atoms with E-state index in [0.29, 0.717) is 11.3 Å². The minimum Gasteiger partial charge on any atom is -0.439 e. The van der Waals surface area contributed by atoms with E-state index in [1.165, 1.54) is 30.3 Å². The van der Waals surface area contributed by atoms with Gasteiger partial charge in [-0.2, -0.15) is 0 Å². The van der Waals surface area contributed by atoms with Gasteiger partial charge in [0.05, 0.1) is 16.4 Å². The van der Waals surface area contributed by atoms with Crippen molar-refractivity contribution in [3.8, 4) is 11.6 Å². The molecule has 0 aliphatic carbocycles. The average Bonchev–Trinajstić information content (AvgIpc) is 3.05. The second-order valence-electron chi connectivity index (χ2n) is 6.75. The fourth-order valence-corrected chi connectivity index (χ4v) is 3.98.